The quantitative estimate of drug-likeness (QED) is 0.0384. The SMILES string of the molecule is CCCCCCCCn1c2ccccc2c2c(CCc3ccc4c(c3)C(CCCCCCCC)(CCCCCCCC)c3cc(C)ccc3-4)c3c(c(C)c21)c1ccccc1n3CCCCCCCC. The van der Waals surface area contributed by atoms with Gasteiger partial charge in [0, 0.05) is 51.1 Å². The van der Waals surface area contributed by atoms with Crippen molar-refractivity contribution in [1.82, 2.24) is 9.13 Å². The fourth-order valence-corrected chi connectivity index (χ4v) is 13.2. The van der Waals surface area contributed by atoms with Gasteiger partial charge in [-0.05, 0) is 103 Å². The maximum atomic E-state index is 2.79. The van der Waals surface area contributed by atoms with Gasteiger partial charge in [-0.3, -0.25) is 0 Å². The fourth-order valence-electron chi connectivity index (χ4n) is 13.2. The minimum Gasteiger partial charge on any atom is -0.340 e. The van der Waals surface area contributed by atoms with Gasteiger partial charge in [-0.2, -0.15) is 0 Å². The highest BCUT2D eigenvalue weighted by Gasteiger charge is 2.42. The molecule has 7 aromatic rings. The molecular formula is C67H92N2. The van der Waals surface area contributed by atoms with Crippen LogP contribution < -0.4 is 0 Å². The van der Waals surface area contributed by atoms with Gasteiger partial charge in [-0.1, -0.05) is 247 Å². The number of nitrogens with zero attached hydrogens (tertiary/aromatic N) is 2. The summed E-state index contributed by atoms with van der Waals surface area (Å²) in [5.74, 6) is 0. The Hall–Kier alpha value is -4.30. The summed E-state index contributed by atoms with van der Waals surface area (Å²) in [6, 6.07) is 34.2. The topological polar surface area (TPSA) is 9.86 Å². The van der Waals surface area contributed by atoms with E-state index in [4.69, 9.17) is 0 Å². The molecule has 0 unspecified atom stereocenters. The number of hydrogen-bond donors (Lipinski definition) is 0. The van der Waals surface area contributed by atoms with Crippen LogP contribution in [-0.2, 0) is 31.3 Å². The zero-order valence-electron chi connectivity index (χ0n) is 44.7. The molecule has 2 aromatic heterocycles. The summed E-state index contributed by atoms with van der Waals surface area (Å²) < 4.78 is 5.55. The highest BCUT2D eigenvalue weighted by molar-refractivity contribution is 6.22. The molecule has 2 nitrogen and oxygen atoms in total. The Bertz CT molecular complexity index is 2700. The Morgan fingerprint density at radius 2 is 0.855 bits per heavy atom. The largest absolute Gasteiger partial charge is 0.340 e. The van der Waals surface area contributed by atoms with E-state index in [2.05, 4.69) is 136 Å². The zero-order chi connectivity index (χ0) is 48.0. The van der Waals surface area contributed by atoms with E-state index in [1.807, 2.05) is 0 Å². The molecular weight excluding hydrogens is 833 g/mol. The average Bonchev–Trinajstić information content (AvgIpc) is 3.97. The highest BCUT2D eigenvalue weighted by atomic mass is 15.0. The third-order valence-corrected chi connectivity index (χ3v) is 16.9. The average molecular weight is 925 g/mol. The van der Waals surface area contributed by atoms with Crippen molar-refractivity contribution in [3.8, 4) is 11.1 Å². The van der Waals surface area contributed by atoms with Gasteiger partial charge in [-0.15, -0.1) is 0 Å². The molecule has 1 aliphatic carbocycles. The Morgan fingerprint density at radius 1 is 0.406 bits per heavy atom. The molecule has 0 radical (unpaired) electrons. The van der Waals surface area contributed by atoms with Gasteiger partial charge in [0.15, 0.2) is 0 Å². The molecule has 0 aliphatic heterocycles. The number of aryl methyl sites for hydroxylation is 6. The van der Waals surface area contributed by atoms with Gasteiger partial charge in [0.05, 0.1) is 11.0 Å². The molecule has 2 heterocycles. The van der Waals surface area contributed by atoms with Crippen LogP contribution in [0.2, 0.25) is 0 Å². The van der Waals surface area contributed by atoms with Crippen LogP contribution in [0, 0.1) is 13.8 Å². The summed E-state index contributed by atoms with van der Waals surface area (Å²) in [6.07, 6.45) is 36.7. The van der Waals surface area contributed by atoms with Gasteiger partial charge < -0.3 is 9.13 Å². The number of fused-ring (bicyclic) bond motifs is 9. The predicted octanol–water partition coefficient (Wildman–Crippen LogP) is 20.8. The lowest BCUT2D eigenvalue weighted by Crippen LogP contribution is -2.26. The smallest absolute Gasteiger partial charge is 0.0534 e. The van der Waals surface area contributed by atoms with Crippen LogP contribution in [0.3, 0.4) is 0 Å². The number of benzene rings is 5. The number of rotatable bonds is 31. The summed E-state index contributed by atoms with van der Waals surface area (Å²) in [7, 11) is 0. The van der Waals surface area contributed by atoms with Crippen molar-refractivity contribution in [2.75, 3.05) is 0 Å². The van der Waals surface area contributed by atoms with Crippen LogP contribution in [0.15, 0.2) is 84.9 Å². The van der Waals surface area contributed by atoms with Crippen LogP contribution in [0.25, 0.3) is 54.7 Å². The van der Waals surface area contributed by atoms with E-state index in [-0.39, 0.29) is 5.41 Å². The van der Waals surface area contributed by atoms with Crippen molar-refractivity contribution in [1.29, 1.82) is 0 Å². The Kier molecular flexibility index (Phi) is 18.6. The van der Waals surface area contributed by atoms with Gasteiger partial charge in [0.2, 0.25) is 0 Å². The second-order valence-electron chi connectivity index (χ2n) is 22.0. The van der Waals surface area contributed by atoms with Gasteiger partial charge in [0.25, 0.3) is 0 Å². The highest BCUT2D eigenvalue weighted by Crippen LogP contribution is 2.55. The summed E-state index contributed by atoms with van der Waals surface area (Å²) in [5.41, 5.74) is 18.2. The molecule has 0 N–H and O–H groups in total. The molecule has 2 heteroatoms. The number of para-hydroxylation sites is 2. The first kappa shape index (κ1) is 51.1. The molecule has 370 valence electrons. The van der Waals surface area contributed by atoms with E-state index in [9.17, 15) is 0 Å². The lowest BCUT2D eigenvalue weighted by Gasteiger charge is -2.33. The third-order valence-electron chi connectivity index (χ3n) is 16.9. The first-order valence-electron chi connectivity index (χ1n) is 29.2. The fraction of sp³-hybridized carbons (Fsp3) is 0.552. The van der Waals surface area contributed by atoms with E-state index in [0.29, 0.717) is 0 Å². The second-order valence-corrected chi connectivity index (χ2v) is 22.0. The van der Waals surface area contributed by atoms with Gasteiger partial charge in [0.1, 0.15) is 0 Å². The molecule has 8 rings (SSSR count). The Morgan fingerprint density at radius 3 is 1.41 bits per heavy atom. The van der Waals surface area contributed by atoms with Crippen molar-refractivity contribution < 1.29 is 0 Å². The van der Waals surface area contributed by atoms with Crippen LogP contribution in [0.5, 0.6) is 0 Å². The molecule has 69 heavy (non-hydrogen) atoms. The van der Waals surface area contributed by atoms with E-state index < -0.39 is 0 Å². The zero-order valence-corrected chi connectivity index (χ0v) is 44.7. The molecule has 0 amide bonds. The predicted molar refractivity (Wildman–Crippen MR) is 305 cm³/mol. The van der Waals surface area contributed by atoms with Gasteiger partial charge >= 0.3 is 0 Å². The van der Waals surface area contributed by atoms with Crippen LogP contribution in [0.1, 0.15) is 228 Å². The molecule has 5 aromatic carbocycles. The minimum absolute atomic E-state index is 0.0973. The molecule has 0 bridgehead atoms. The molecule has 0 saturated heterocycles. The standard InChI is InChI=1S/C67H92N2/c1-7-11-15-19-23-31-45-67(46-32-24-20-16-12-8-2)59-49-51(5)39-42-54(59)55-43-40-53(50-60(55)67)41-44-58-64-57-36-28-30-38-62(57)68(47-33-25-21-17-13-9-3)65(64)52(6)63-56-35-27-29-37-61(56)69(66(58)63)48-34-26-22-18-14-10-4/h27-30,35-40,42-43,49-50H,7-26,31-34,41,44-48H2,1-6H3. The van der Waals surface area contributed by atoms with Crippen LogP contribution in [-0.4, -0.2) is 9.13 Å². The first-order valence-corrected chi connectivity index (χ1v) is 29.2. The summed E-state index contributed by atoms with van der Waals surface area (Å²) in [5, 5.41) is 5.92. The number of unbranched alkanes of at least 4 members (excludes halogenated alkanes) is 20. The molecule has 0 atom stereocenters. The number of aromatic nitrogens is 2. The van der Waals surface area contributed by atoms with Crippen molar-refractivity contribution in [2.45, 2.75) is 240 Å². The lowest BCUT2D eigenvalue weighted by atomic mass is 9.70. The monoisotopic (exact) mass is 925 g/mol. The van der Waals surface area contributed by atoms with Crippen molar-refractivity contribution >= 4 is 43.6 Å². The Balaban J connectivity index is 1.23. The van der Waals surface area contributed by atoms with Gasteiger partial charge in [-0.25, -0.2) is 0 Å². The van der Waals surface area contributed by atoms with E-state index in [0.717, 1.165) is 25.9 Å². The van der Waals surface area contributed by atoms with Crippen molar-refractivity contribution in [2.24, 2.45) is 0 Å². The summed E-state index contributed by atoms with van der Waals surface area (Å²) in [4.78, 5) is 0. The minimum atomic E-state index is 0.0973. The maximum absolute atomic E-state index is 2.79. The second kappa shape index (κ2) is 25.2. The molecule has 0 spiro atoms. The normalized spacial score (nSPS) is 13.2. The lowest BCUT2D eigenvalue weighted by molar-refractivity contribution is 0.397. The van der Waals surface area contributed by atoms with Crippen molar-refractivity contribution in [3.05, 3.63) is 118 Å². The molecule has 1 aliphatic rings. The Labute approximate surface area is 420 Å². The summed E-state index contributed by atoms with van der Waals surface area (Å²) in [6.45, 7) is 16.3. The summed E-state index contributed by atoms with van der Waals surface area (Å²) >= 11 is 0. The van der Waals surface area contributed by atoms with Crippen LogP contribution in [0.4, 0.5) is 0 Å². The van der Waals surface area contributed by atoms with Crippen molar-refractivity contribution in [3.63, 3.8) is 0 Å². The van der Waals surface area contributed by atoms with Crippen LogP contribution >= 0.6 is 0 Å². The van der Waals surface area contributed by atoms with E-state index in [1.54, 1.807) is 16.7 Å². The third kappa shape index (κ3) is 11.3. The first-order chi connectivity index (χ1) is 34.0. The van der Waals surface area contributed by atoms with E-state index >= 15 is 0 Å². The molecule has 0 fully saturated rings. The van der Waals surface area contributed by atoms with E-state index in [1.165, 1.54) is 238 Å². The molecule has 0 saturated carbocycles. The number of hydrogen-bond acceptors (Lipinski definition) is 0. The maximum Gasteiger partial charge on any atom is 0.0534 e.